The molecule has 0 heterocycles. The van der Waals surface area contributed by atoms with E-state index in [1.165, 1.54) is 44.9 Å². The quantitative estimate of drug-likeness (QED) is 0.0169. The van der Waals surface area contributed by atoms with E-state index in [1.54, 1.807) is 0 Å². The highest BCUT2D eigenvalue weighted by Gasteiger charge is 2.30. The molecule has 5 unspecified atom stereocenters. The van der Waals surface area contributed by atoms with Crippen molar-refractivity contribution >= 4 is 39.5 Å². The Labute approximate surface area is 605 Å². The average Bonchev–Trinajstić information content (AvgIpc) is 1.06. The highest BCUT2D eigenvalue weighted by atomic mass is 31.2. The van der Waals surface area contributed by atoms with Crippen molar-refractivity contribution in [2.24, 2.45) is 0 Å². The fraction of sp³-hybridized carbons (Fsp3) is 0.654. The van der Waals surface area contributed by atoms with Crippen LogP contribution in [-0.2, 0) is 65.4 Å². The zero-order valence-electron chi connectivity index (χ0n) is 62.1. The number of allylic oxidation sites excluding steroid dienone is 24. The lowest BCUT2D eigenvalue weighted by atomic mass is 10.1. The van der Waals surface area contributed by atoms with Crippen molar-refractivity contribution in [3.8, 4) is 0 Å². The summed E-state index contributed by atoms with van der Waals surface area (Å²) in [6, 6.07) is 0. The monoisotopic (exact) mass is 1440 g/mol. The van der Waals surface area contributed by atoms with E-state index in [9.17, 15) is 43.2 Å². The molecule has 0 aromatic rings. The Balaban J connectivity index is 5.46. The summed E-state index contributed by atoms with van der Waals surface area (Å²) in [6.45, 7) is 4.45. The van der Waals surface area contributed by atoms with E-state index in [2.05, 4.69) is 161 Å². The van der Waals surface area contributed by atoms with Crippen molar-refractivity contribution in [3.63, 3.8) is 0 Å². The molecule has 570 valence electrons. The maximum absolute atomic E-state index is 13.1. The first-order chi connectivity index (χ1) is 48.7. The predicted molar refractivity (Wildman–Crippen MR) is 408 cm³/mol. The number of ether oxygens (including phenoxy) is 4. The summed E-state index contributed by atoms with van der Waals surface area (Å²) in [5.41, 5.74) is 0. The Bertz CT molecular complexity index is 2470. The van der Waals surface area contributed by atoms with Crippen molar-refractivity contribution in [2.45, 2.75) is 303 Å². The SMILES string of the molecule is CC/C=C\C/C=C\C/C=C\C/C=C\C/C=C\CCCC(=O)OCC(COP(=O)(O)OCC(O)COP(=O)(O)OCC(COC(=O)CCCCCCC/C=C\C/C=C\CCCCC)OC(=O)CCCCCCC/C=C\CCCCCC)OC(=O)CCCC/C=C\C/C=C\C/C=C\C/C=C\CC. The maximum atomic E-state index is 13.1. The number of hydrogen-bond acceptors (Lipinski definition) is 15. The van der Waals surface area contributed by atoms with Crippen LogP contribution < -0.4 is 0 Å². The molecular formula is C81H134O17P2. The van der Waals surface area contributed by atoms with Crippen LogP contribution in [-0.4, -0.2) is 96.7 Å². The van der Waals surface area contributed by atoms with Crippen LogP contribution in [0.3, 0.4) is 0 Å². The van der Waals surface area contributed by atoms with E-state index in [0.29, 0.717) is 38.5 Å². The Morgan fingerprint density at radius 3 is 0.890 bits per heavy atom. The van der Waals surface area contributed by atoms with Gasteiger partial charge in [0, 0.05) is 25.7 Å². The van der Waals surface area contributed by atoms with E-state index in [-0.39, 0.29) is 25.7 Å². The van der Waals surface area contributed by atoms with Crippen LogP contribution in [0, 0.1) is 0 Å². The molecule has 0 spiro atoms. The minimum absolute atomic E-state index is 0.0255. The van der Waals surface area contributed by atoms with Crippen LogP contribution in [0.25, 0.3) is 0 Å². The van der Waals surface area contributed by atoms with E-state index in [4.69, 9.17) is 37.0 Å². The van der Waals surface area contributed by atoms with Gasteiger partial charge in [-0.05, 0) is 161 Å². The summed E-state index contributed by atoms with van der Waals surface area (Å²) < 4.78 is 68.3. The van der Waals surface area contributed by atoms with Crippen LogP contribution in [0.2, 0.25) is 0 Å². The second kappa shape index (κ2) is 72.3. The second-order valence-corrected chi connectivity index (χ2v) is 27.7. The fourth-order valence-electron chi connectivity index (χ4n) is 9.51. The minimum Gasteiger partial charge on any atom is -0.462 e. The summed E-state index contributed by atoms with van der Waals surface area (Å²) >= 11 is 0. The molecule has 3 N–H and O–H groups in total. The maximum Gasteiger partial charge on any atom is 0.472 e. The molecular weight excluding hydrogens is 1310 g/mol. The Morgan fingerprint density at radius 2 is 0.530 bits per heavy atom. The van der Waals surface area contributed by atoms with Crippen LogP contribution in [0.4, 0.5) is 0 Å². The molecule has 0 bridgehead atoms. The summed E-state index contributed by atoms with van der Waals surface area (Å²) in [6.07, 6.45) is 81.4. The third-order valence-electron chi connectivity index (χ3n) is 15.3. The third-order valence-corrected chi connectivity index (χ3v) is 17.2. The smallest absolute Gasteiger partial charge is 0.462 e. The summed E-state index contributed by atoms with van der Waals surface area (Å²) in [7, 11) is -9.99. The number of aliphatic hydroxyl groups is 1. The Kier molecular flexibility index (Phi) is 68.6. The van der Waals surface area contributed by atoms with E-state index < -0.39 is 97.5 Å². The van der Waals surface area contributed by atoms with Crippen molar-refractivity contribution < 1.29 is 80.2 Å². The fourth-order valence-corrected chi connectivity index (χ4v) is 11.1. The highest BCUT2D eigenvalue weighted by Crippen LogP contribution is 2.45. The van der Waals surface area contributed by atoms with Crippen LogP contribution in [0.1, 0.15) is 285 Å². The summed E-state index contributed by atoms with van der Waals surface area (Å²) in [5.74, 6) is -2.32. The van der Waals surface area contributed by atoms with Gasteiger partial charge in [0.25, 0.3) is 0 Å². The van der Waals surface area contributed by atoms with Crippen LogP contribution in [0.5, 0.6) is 0 Å². The first-order valence-corrected chi connectivity index (χ1v) is 41.1. The molecule has 0 aliphatic rings. The number of carbonyl (C=O) groups is 4. The number of rotatable bonds is 70. The molecule has 0 radical (unpaired) electrons. The number of unbranched alkanes of at least 4 members (excludes halogenated alkanes) is 20. The van der Waals surface area contributed by atoms with Gasteiger partial charge in [0.15, 0.2) is 12.2 Å². The number of esters is 4. The van der Waals surface area contributed by atoms with E-state index in [1.807, 2.05) is 12.2 Å². The van der Waals surface area contributed by atoms with Gasteiger partial charge < -0.3 is 33.8 Å². The molecule has 5 atom stereocenters. The lowest BCUT2D eigenvalue weighted by molar-refractivity contribution is -0.161. The van der Waals surface area contributed by atoms with Crippen molar-refractivity contribution in [1.29, 1.82) is 0 Å². The number of phosphoric ester groups is 2. The van der Waals surface area contributed by atoms with Gasteiger partial charge in [-0.15, -0.1) is 0 Å². The van der Waals surface area contributed by atoms with Gasteiger partial charge in [0.1, 0.15) is 19.3 Å². The second-order valence-electron chi connectivity index (χ2n) is 24.8. The Morgan fingerprint density at radius 1 is 0.290 bits per heavy atom. The number of phosphoric acid groups is 2. The first-order valence-electron chi connectivity index (χ1n) is 38.1. The normalized spacial score (nSPS) is 14.8. The van der Waals surface area contributed by atoms with Crippen molar-refractivity contribution in [3.05, 3.63) is 146 Å². The predicted octanol–water partition coefficient (Wildman–Crippen LogP) is 21.9. The van der Waals surface area contributed by atoms with E-state index in [0.717, 1.165) is 148 Å². The number of hydrogen-bond donors (Lipinski definition) is 3. The molecule has 0 aromatic heterocycles. The Hall–Kier alpha value is -5.06. The highest BCUT2D eigenvalue weighted by molar-refractivity contribution is 7.47. The van der Waals surface area contributed by atoms with Gasteiger partial charge >= 0.3 is 39.5 Å². The number of carbonyl (C=O) groups excluding carboxylic acids is 4. The van der Waals surface area contributed by atoms with Gasteiger partial charge in [-0.3, -0.25) is 37.3 Å². The number of aliphatic hydroxyl groups excluding tert-OH is 1. The summed E-state index contributed by atoms with van der Waals surface area (Å²) in [4.78, 5) is 72.8. The molecule has 100 heavy (non-hydrogen) atoms. The van der Waals surface area contributed by atoms with Crippen molar-refractivity contribution in [1.82, 2.24) is 0 Å². The molecule has 0 amide bonds. The average molecular weight is 1440 g/mol. The molecule has 19 heteroatoms. The molecule has 0 rings (SSSR count). The lowest BCUT2D eigenvalue weighted by Gasteiger charge is -2.21. The van der Waals surface area contributed by atoms with Gasteiger partial charge in [0.2, 0.25) is 0 Å². The summed E-state index contributed by atoms with van der Waals surface area (Å²) in [5, 5.41) is 10.6. The molecule has 0 saturated carbocycles. The molecule has 0 fully saturated rings. The van der Waals surface area contributed by atoms with Crippen LogP contribution in [0.15, 0.2) is 146 Å². The topological polar surface area (TPSA) is 237 Å². The molecule has 0 aliphatic heterocycles. The van der Waals surface area contributed by atoms with Gasteiger partial charge in [-0.2, -0.15) is 0 Å². The van der Waals surface area contributed by atoms with E-state index >= 15 is 0 Å². The third kappa shape index (κ3) is 71.3. The zero-order valence-corrected chi connectivity index (χ0v) is 63.9. The lowest BCUT2D eigenvalue weighted by Crippen LogP contribution is -2.30. The van der Waals surface area contributed by atoms with Crippen molar-refractivity contribution in [2.75, 3.05) is 39.6 Å². The minimum atomic E-state index is -5.00. The molecule has 0 saturated heterocycles. The van der Waals surface area contributed by atoms with Gasteiger partial charge in [-0.1, -0.05) is 244 Å². The molecule has 17 nitrogen and oxygen atoms in total. The largest absolute Gasteiger partial charge is 0.472 e. The standard InChI is InChI=1S/C81H134O17P2/c1-5-9-13-17-21-25-29-33-36-37-40-43-46-50-54-58-62-66-79(84)92-72-77(98-81(86)68-64-60-56-52-48-44-39-35-31-27-23-19-15-11-7-3)74-96-100(89,90)94-70-75(82)69-93-99(87,88)95-73-76(97-80(85)67-63-59-55-51-47-41-32-28-24-20-16-12-8-4)71-91-78(83)65-61-57-53-49-45-42-38-34-30-26-22-18-14-10-6-2/h9,11,13,15,21-23,25-28,32-36,38-40,43,48,50,52,54,75-77,82H,5-8,10,12,14,16-20,24,29-31,37,41-42,44-47,49,51,53,55-74H2,1-4H3,(H,87,88)(H,89,90)/b13-9-,15-11-,25-21-,26-22-,27-23-,32-28-,36-33-,38-34-,39-35-,43-40-,52-48-,54-50-. The molecule has 0 aromatic carbocycles. The molecule has 0 aliphatic carbocycles. The van der Waals surface area contributed by atoms with Gasteiger partial charge in [-0.25, -0.2) is 9.13 Å². The zero-order chi connectivity index (χ0) is 73.2. The van der Waals surface area contributed by atoms with Gasteiger partial charge in [0.05, 0.1) is 26.4 Å². The first kappa shape index (κ1) is 94.9. The van der Waals surface area contributed by atoms with Crippen LogP contribution >= 0.6 is 15.6 Å².